The fourth-order valence-corrected chi connectivity index (χ4v) is 9.81. The van der Waals surface area contributed by atoms with Crippen LogP contribution in [0.15, 0.2) is 23.1 Å². The first-order valence-electron chi connectivity index (χ1n) is 17.9. The third kappa shape index (κ3) is 9.39. The largest absolute Gasteiger partial charge is 0.465 e. The van der Waals surface area contributed by atoms with Crippen molar-refractivity contribution in [3.63, 3.8) is 0 Å². The zero-order chi connectivity index (χ0) is 36.3. The van der Waals surface area contributed by atoms with Crippen molar-refractivity contribution in [2.45, 2.75) is 87.6 Å². The molecule has 1 aromatic carbocycles. The maximum atomic E-state index is 14.2. The molecule has 4 aliphatic heterocycles. The summed E-state index contributed by atoms with van der Waals surface area (Å²) in [5.41, 5.74) is 1.97. The Bertz CT molecular complexity index is 1670. The number of hydrogen-bond donors (Lipinski definition) is 2. The highest BCUT2D eigenvalue weighted by Gasteiger charge is 2.35. The van der Waals surface area contributed by atoms with E-state index in [1.807, 2.05) is 9.58 Å². The SMILES string of the molecule is CS(=O)(=O)N1CCc2c(c(-c3ccc(C(F)(F)F)c(SCCN4CCC(NC(=O)O)CC4)c3)nn2CCCN2CCC(N3CCCC3=O)CC2)C1. The fraction of sp³-hybridized carbons (Fsp3) is 0.676. The maximum absolute atomic E-state index is 14.2. The van der Waals surface area contributed by atoms with Gasteiger partial charge in [-0.3, -0.25) is 9.48 Å². The number of amides is 2. The van der Waals surface area contributed by atoms with Gasteiger partial charge in [0, 0.05) is 111 Å². The fourth-order valence-electron chi connectivity index (χ4n) is 7.90. The van der Waals surface area contributed by atoms with Gasteiger partial charge >= 0.3 is 12.3 Å². The van der Waals surface area contributed by atoms with Crippen LogP contribution in [0.4, 0.5) is 18.0 Å². The first-order valence-corrected chi connectivity index (χ1v) is 20.7. The lowest BCUT2D eigenvalue weighted by atomic mass is 10.0. The number of benzene rings is 1. The van der Waals surface area contributed by atoms with Crippen molar-refractivity contribution in [2.24, 2.45) is 0 Å². The van der Waals surface area contributed by atoms with Gasteiger partial charge in [-0.1, -0.05) is 6.07 Å². The lowest BCUT2D eigenvalue weighted by Gasteiger charge is -2.36. The Balaban J connectivity index is 1.15. The first-order chi connectivity index (χ1) is 24.3. The summed E-state index contributed by atoms with van der Waals surface area (Å²) in [4.78, 5) is 29.8. The molecule has 3 fully saturated rings. The van der Waals surface area contributed by atoms with Crippen LogP contribution in [-0.2, 0) is 40.5 Å². The molecule has 3 saturated heterocycles. The molecule has 0 bridgehead atoms. The number of sulfonamides is 1. The van der Waals surface area contributed by atoms with Gasteiger partial charge in [0.15, 0.2) is 0 Å². The molecule has 51 heavy (non-hydrogen) atoms. The van der Waals surface area contributed by atoms with Gasteiger partial charge in [-0.15, -0.1) is 11.8 Å². The van der Waals surface area contributed by atoms with Gasteiger partial charge in [0.2, 0.25) is 15.9 Å². The van der Waals surface area contributed by atoms with Gasteiger partial charge in [-0.05, 0) is 57.2 Å². The van der Waals surface area contributed by atoms with E-state index in [-0.39, 0.29) is 23.4 Å². The minimum absolute atomic E-state index is 0.0977. The Morgan fingerprint density at radius 1 is 1.00 bits per heavy atom. The summed E-state index contributed by atoms with van der Waals surface area (Å²) >= 11 is 1.14. The molecular weight excluding hydrogens is 708 g/mol. The number of alkyl halides is 3. The van der Waals surface area contributed by atoms with Crippen molar-refractivity contribution >= 4 is 33.8 Å². The standard InChI is InChI=1S/C34H48F3N7O5S2/c1-51(48,49)42-19-11-29-27(23-42)32(39-44(29)14-3-12-40-17-9-26(10-18-40)43-13-2-4-31(43)45)24-5-6-28(34(35,36)37)30(22-24)50-21-20-41-15-7-25(8-16-41)38-33(46)47/h5-6,22,25-26,38H,2-4,7-21,23H2,1H3,(H,46,47). The van der Waals surface area contributed by atoms with Crippen LogP contribution in [0.25, 0.3) is 11.3 Å². The number of hydrogen-bond acceptors (Lipinski definition) is 8. The van der Waals surface area contributed by atoms with Gasteiger partial charge < -0.3 is 25.1 Å². The number of carboxylic acid groups (broad SMARTS) is 1. The number of likely N-dealkylation sites (tertiary alicyclic amines) is 3. The summed E-state index contributed by atoms with van der Waals surface area (Å²) < 4.78 is 71.0. The molecule has 0 saturated carbocycles. The Morgan fingerprint density at radius 2 is 1.71 bits per heavy atom. The monoisotopic (exact) mass is 755 g/mol. The number of aryl methyl sites for hydroxylation is 1. The van der Waals surface area contributed by atoms with Crippen LogP contribution < -0.4 is 5.32 Å². The van der Waals surface area contributed by atoms with E-state index in [1.165, 1.54) is 22.7 Å². The molecule has 2 aromatic rings. The maximum Gasteiger partial charge on any atom is 0.417 e. The third-order valence-corrected chi connectivity index (χ3v) is 12.9. The van der Waals surface area contributed by atoms with Gasteiger partial charge in [0.05, 0.1) is 17.5 Å². The zero-order valence-electron chi connectivity index (χ0n) is 29.0. The summed E-state index contributed by atoms with van der Waals surface area (Å²) in [5.74, 6) is 0.689. The van der Waals surface area contributed by atoms with E-state index in [0.29, 0.717) is 81.5 Å². The van der Waals surface area contributed by atoms with Crippen molar-refractivity contribution in [3.8, 4) is 11.3 Å². The Hall–Kier alpha value is -2.86. The average Bonchev–Trinajstić information content (AvgIpc) is 3.68. The van der Waals surface area contributed by atoms with Gasteiger partial charge in [0.1, 0.15) is 0 Å². The topological polar surface area (TPSA) is 131 Å². The van der Waals surface area contributed by atoms with Crippen molar-refractivity contribution in [3.05, 3.63) is 35.0 Å². The van der Waals surface area contributed by atoms with Crippen molar-refractivity contribution in [1.29, 1.82) is 0 Å². The summed E-state index contributed by atoms with van der Waals surface area (Å²) in [6.45, 7) is 6.49. The molecule has 0 spiro atoms. The van der Waals surface area contributed by atoms with Crippen LogP contribution >= 0.6 is 11.8 Å². The Morgan fingerprint density at radius 3 is 2.35 bits per heavy atom. The van der Waals surface area contributed by atoms with Crippen LogP contribution in [0.2, 0.25) is 0 Å². The zero-order valence-corrected chi connectivity index (χ0v) is 30.7. The smallest absolute Gasteiger partial charge is 0.417 e. The molecule has 282 valence electrons. The van der Waals surface area contributed by atoms with E-state index in [4.69, 9.17) is 10.2 Å². The molecule has 12 nitrogen and oxygen atoms in total. The predicted octanol–water partition coefficient (Wildman–Crippen LogP) is 4.19. The molecule has 17 heteroatoms. The predicted molar refractivity (Wildman–Crippen MR) is 188 cm³/mol. The number of rotatable bonds is 12. The summed E-state index contributed by atoms with van der Waals surface area (Å²) in [6, 6.07) is 4.28. The first kappa shape index (κ1) is 37.9. The molecule has 4 aliphatic rings. The molecule has 0 atom stereocenters. The number of piperidine rings is 2. The molecule has 6 rings (SSSR count). The number of fused-ring (bicyclic) bond motifs is 1. The number of aromatic nitrogens is 2. The van der Waals surface area contributed by atoms with E-state index in [9.17, 15) is 31.2 Å². The van der Waals surface area contributed by atoms with Gasteiger partial charge in [-0.25, -0.2) is 13.2 Å². The molecule has 0 radical (unpaired) electrons. The quantitative estimate of drug-likeness (QED) is 0.307. The summed E-state index contributed by atoms with van der Waals surface area (Å²) in [6.07, 6.45) is 1.67. The van der Waals surface area contributed by atoms with Crippen LogP contribution in [0.1, 0.15) is 61.8 Å². The van der Waals surface area contributed by atoms with Crippen molar-refractivity contribution in [1.82, 2.24) is 34.1 Å². The van der Waals surface area contributed by atoms with E-state index in [0.717, 1.165) is 80.9 Å². The molecule has 0 unspecified atom stereocenters. The normalized spacial score (nSPS) is 20.6. The van der Waals surface area contributed by atoms with Crippen LogP contribution in [0, 0.1) is 0 Å². The third-order valence-electron chi connectivity index (χ3n) is 10.7. The lowest BCUT2D eigenvalue weighted by molar-refractivity contribution is -0.139. The van der Waals surface area contributed by atoms with Crippen LogP contribution in [-0.4, -0.2) is 131 Å². The van der Waals surface area contributed by atoms with E-state index in [1.54, 1.807) is 0 Å². The number of nitrogens with zero attached hydrogens (tertiary/aromatic N) is 6. The lowest BCUT2D eigenvalue weighted by Crippen LogP contribution is -2.45. The van der Waals surface area contributed by atoms with Crippen LogP contribution in [0.3, 0.4) is 0 Å². The molecule has 5 heterocycles. The van der Waals surface area contributed by atoms with E-state index < -0.39 is 27.9 Å². The molecule has 1 aromatic heterocycles. The average molecular weight is 756 g/mol. The molecule has 0 aliphatic carbocycles. The second-order valence-electron chi connectivity index (χ2n) is 14.1. The highest BCUT2D eigenvalue weighted by atomic mass is 32.2. The Labute approximate surface area is 301 Å². The van der Waals surface area contributed by atoms with Crippen molar-refractivity contribution < 1.29 is 36.3 Å². The van der Waals surface area contributed by atoms with Gasteiger partial charge in [0.25, 0.3) is 0 Å². The number of carbonyl (C=O) groups excluding carboxylic acids is 1. The van der Waals surface area contributed by atoms with Crippen molar-refractivity contribution in [2.75, 3.05) is 64.4 Å². The number of halogens is 3. The number of thioether (sulfide) groups is 1. The van der Waals surface area contributed by atoms with E-state index >= 15 is 0 Å². The minimum Gasteiger partial charge on any atom is -0.465 e. The second-order valence-corrected chi connectivity index (χ2v) is 17.2. The van der Waals surface area contributed by atoms with Gasteiger partial charge in [-0.2, -0.15) is 22.6 Å². The highest BCUT2D eigenvalue weighted by molar-refractivity contribution is 7.99. The summed E-state index contributed by atoms with van der Waals surface area (Å²) in [5, 5.41) is 16.4. The molecule has 2 amide bonds. The minimum atomic E-state index is -4.55. The number of carbonyl (C=O) groups is 2. The highest BCUT2D eigenvalue weighted by Crippen LogP contribution is 2.40. The number of nitrogens with one attached hydrogen (secondary N) is 1. The Kier molecular flexibility index (Phi) is 11.9. The molecule has 2 N–H and O–H groups in total. The summed E-state index contributed by atoms with van der Waals surface area (Å²) in [7, 11) is -3.50. The van der Waals surface area contributed by atoms with E-state index in [2.05, 4.69) is 15.1 Å². The second kappa shape index (κ2) is 16.0. The van der Waals surface area contributed by atoms with Crippen LogP contribution in [0.5, 0.6) is 0 Å². The molecular formula is C34H48F3N7O5S2.